The van der Waals surface area contributed by atoms with Crippen LogP contribution in [0.5, 0.6) is 0 Å². The van der Waals surface area contributed by atoms with E-state index in [-0.39, 0.29) is 17.8 Å². The molecule has 0 spiro atoms. The van der Waals surface area contributed by atoms with Crippen molar-refractivity contribution in [3.05, 3.63) is 52.1 Å². The van der Waals surface area contributed by atoms with Gasteiger partial charge in [-0.25, -0.2) is 0 Å². The third kappa shape index (κ3) is 3.14. The Balaban J connectivity index is 1.75. The highest BCUT2D eigenvalue weighted by Gasteiger charge is 2.76. The smallest absolute Gasteiger partial charge is 0.277 e. The minimum absolute atomic E-state index is 0.139. The fraction of sp³-hybridized carbons (Fsp3) is 0.375. The third-order valence-electron chi connectivity index (χ3n) is 5.50. The number of benzene rings is 2. The molecule has 0 radical (unpaired) electrons. The summed E-state index contributed by atoms with van der Waals surface area (Å²) in [5.74, 6) is -6.52. The number of nitro benzene ring substituents is 1. The van der Waals surface area contributed by atoms with Crippen LogP contribution < -0.4 is 0 Å². The maximum atomic E-state index is 11.4. The minimum Gasteiger partial charge on any atom is -0.362 e. The van der Waals surface area contributed by atoms with Crippen LogP contribution in [-0.2, 0) is 10.3 Å². The van der Waals surface area contributed by atoms with Gasteiger partial charge in [-0.2, -0.15) is 9.34 Å². The van der Waals surface area contributed by atoms with Crippen LogP contribution in [-0.4, -0.2) is 79.2 Å². The first-order valence-electron chi connectivity index (χ1n) is 9.07. The molecule has 0 aromatic heterocycles. The van der Waals surface area contributed by atoms with Gasteiger partial charge in [0.15, 0.2) is 14.2 Å². The highest BCUT2D eigenvalue weighted by Crippen LogP contribution is 2.69. The van der Waals surface area contributed by atoms with Crippen molar-refractivity contribution in [3.8, 4) is 0 Å². The summed E-state index contributed by atoms with van der Waals surface area (Å²) in [6, 6.07) is 9.05. The van der Waals surface area contributed by atoms with Crippen molar-refractivity contribution in [2.75, 3.05) is 6.54 Å². The van der Waals surface area contributed by atoms with Crippen molar-refractivity contribution in [2.24, 2.45) is 0 Å². The van der Waals surface area contributed by atoms with Crippen LogP contribution in [0.2, 0.25) is 0 Å². The first-order chi connectivity index (χ1) is 13.7. The zero-order valence-electron chi connectivity index (χ0n) is 16.4. The Morgan fingerprint density at radius 1 is 1.17 bits per heavy atom. The number of hydrogen-bond acceptors (Lipinski definition) is 10. The van der Waals surface area contributed by atoms with Crippen molar-refractivity contribution in [2.45, 2.75) is 29.9 Å². The average Bonchev–Trinajstić information content (AvgIpc) is 3.39. The molecule has 11 nitrogen and oxygen atoms in total. The van der Waals surface area contributed by atoms with E-state index in [4.69, 9.17) is 4.52 Å². The molecular weight excluding hydrogens is 415 g/mol. The Morgan fingerprint density at radius 2 is 1.70 bits per heavy atom. The third-order valence-corrected chi connectivity index (χ3v) is 8.02. The van der Waals surface area contributed by atoms with E-state index in [1.54, 1.807) is 24.3 Å². The number of aliphatic hydroxyl groups is 5. The van der Waals surface area contributed by atoms with Crippen molar-refractivity contribution >= 4 is 40.6 Å². The number of fused-ring (bicyclic) bond motifs is 1. The van der Waals surface area contributed by atoms with E-state index in [1.165, 1.54) is 34.7 Å². The molecule has 0 aliphatic carbocycles. The monoisotopic (exact) mass is 435 g/mol. The molecular formula is C16H20B2N3O8P. The fourth-order valence-electron chi connectivity index (χ4n) is 3.48. The maximum absolute atomic E-state index is 11.4. The fourth-order valence-corrected chi connectivity index (χ4v) is 5.88. The quantitative estimate of drug-likeness (QED) is 0.0857. The summed E-state index contributed by atoms with van der Waals surface area (Å²) in [6.07, 6.45) is 0. The Bertz CT molecular complexity index is 1040. The zero-order valence-corrected chi connectivity index (χ0v) is 17.3. The molecule has 0 amide bonds. The summed E-state index contributed by atoms with van der Waals surface area (Å²) in [4.78, 5) is 10.8. The predicted octanol–water partition coefficient (Wildman–Crippen LogP) is -2.02. The van der Waals surface area contributed by atoms with Gasteiger partial charge in [0, 0.05) is 17.0 Å². The molecule has 2 heterocycles. The molecule has 30 heavy (non-hydrogen) atoms. The molecule has 4 rings (SSSR count). The largest absolute Gasteiger partial charge is 0.362 e. The van der Waals surface area contributed by atoms with Crippen LogP contribution in [0.4, 0.5) is 5.69 Å². The van der Waals surface area contributed by atoms with Gasteiger partial charge < -0.3 is 25.5 Å². The first-order valence-corrected chi connectivity index (χ1v) is 10.2. The minimum atomic E-state index is -2.27. The lowest BCUT2D eigenvalue weighted by Gasteiger charge is -2.32. The number of hydrogen-bond donors (Lipinski definition) is 5. The van der Waals surface area contributed by atoms with Gasteiger partial charge in [-0.15, -0.1) is 0 Å². The molecule has 4 unspecified atom stereocenters. The number of nitrogens with zero attached hydrogens (tertiary/aromatic N) is 3. The molecule has 2 aromatic carbocycles. The maximum Gasteiger partial charge on any atom is 0.277 e. The second-order valence-corrected chi connectivity index (χ2v) is 9.67. The van der Waals surface area contributed by atoms with Crippen molar-refractivity contribution in [3.63, 3.8) is 0 Å². The van der Waals surface area contributed by atoms with Crippen LogP contribution in [0.3, 0.4) is 0 Å². The van der Waals surface area contributed by atoms with E-state index >= 15 is 0 Å². The van der Waals surface area contributed by atoms with E-state index in [2.05, 4.69) is 0 Å². The molecule has 0 bridgehead atoms. The van der Waals surface area contributed by atoms with E-state index in [0.717, 1.165) is 9.34 Å². The molecule has 2 aromatic rings. The van der Waals surface area contributed by atoms with Gasteiger partial charge in [-0.05, 0) is 24.4 Å². The molecule has 14 heteroatoms. The van der Waals surface area contributed by atoms with Gasteiger partial charge in [0.25, 0.3) is 5.69 Å². The van der Waals surface area contributed by atoms with Gasteiger partial charge in [0.1, 0.15) is 15.7 Å². The van der Waals surface area contributed by atoms with Gasteiger partial charge in [0.2, 0.25) is 11.8 Å². The highest BCUT2D eigenvalue weighted by atomic mass is 31.2. The lowest BCUT2D eigenvalue weighted by Crippen LogP contribution is -2.29. The second-order valence-electron chi connectivity index (χ2n) is 8.10. The Labute approximate surface area is 174 Å². The summed E-state index contributed by atoms with van der Waals surface area (Å²) in [7, 11) is 0.834. The number of non-ortho nitro benzene ring substituents is 1. The van der Waals surface area contributed by atoms with Crippen molar-refractivity contribution in [1.82, 2.24) is 9.34 Å². The summed E-state index contributed by atoms with van der Waals surface area (Å²) in [5.41, 5.74) is 0.0700. The topological polar surface area (TPSA) is 160 Å². The SMILES string of the molecule is BC1(B)N(P(OC(C)(O)c2ccc([N+](=O)[O-])c3ccccc23)N2CC2(O)O)C1(O)O. The van der Waals surface area contributed by atoms with Crippen LogP contribution in [0.15, 0.2) is 36.4 Å². The summed E-state index contributed by atoms with van der Waals surface area (Å²) >= 11 is 0. The van der Waals surface area contributed by atoms with Crippen LogP contribution in [0.1, 0.15) is 12.5 Å². The molecule has 2 saturated heterocycles. The van der Waals surface area contributed by atoms with Crippen LogP contribution in [0, 0.1) is 10.1 Å². The molecule has 5 N–H and O–H groups in total. The molecule has 2 aliphatic heterocycles. The van der Waals surface area contributed by atoms with Crippen LogP contribution in [0.25, 0.3) is 10.8 Å². The Hall–Kier alpha value is -1.66. The summed E-state index contributed by atoms with van der Waals surface area (Å²) in [6.45, 7) is 1.10. The molecule has 158 valence electrons. The van der Waals surface area contributed by atoms with Gasteiger partial charge in [0.05, 0.1) is 16.9 Å². The van der Waals surface area contributed by atoms with E-state index in [1.807, 2.05) is 0 Å². The second kappa shape index (κ2) is 6.42. The molecule has 2 fully saturated rings. The van der Waals surface area contributed by atoms with Crippen molar-refractivity contribution in [1.29, 1.82) is 0 Å². The van der Waals surface area contributed by atoms with Gasteiger partial charge in [-0.1, -0.05) is 18.2 Å². The van der Waals surface area contributed by atoms with Crippen molar-refractivity contribution < 1.29 is 35.0 Å². The first kappa shape index (κ1) is 21.6. The lowest BCUT2D eigenvalue weighted by molar-refractivity contribution is -0.383. The lowest BCUT2D eigenvalue weighted by atomic mass is 9.68. The summed E-state index contributed by atoms with van der Waals surface area (Å²) in [5, 5.41) is 62.3. The highest BCUT2D eigenvalue weighted by molar-refractivity contribution is 7.48. The number of nitro groups is 1. The van der Waals surface area contributed by atoms with Crippen LogP contribution >= 0.6 is 8.45 Å². The normalized spacial score (nSPS) is 28.5. The predicted molar refractivity (Wildman–Crippen MR) is 111 cm³/mol. The summed E-state index contributed by atoms with van der Waals surface area (Å²) < 4.78 is 8.06. The number of β-amino-alcohol motifs (C(OH)–C–C–N with tert-alkyl or cyclic N) is 2. The Kier molecular flexibility index (Phi) is 4.62. The molecule has 0 saturated carbocycles. The van der Waals surface area contributed by atoms with E-state index in [9.17, 15) is 35.6 Å². The molecule has 2 aliphatic rings. The van der Waals surface area contributed by atoms with E-state index in [0.29, 0.717) is 10.8 Å². The van der Waals surface area contributed by atoms with E-state index < -0.39 is 36.3 Å². The van der Waals surface area contributed by atoms with Gasteiger partial charge in [-0.3, -0.25) is 14.6 Å². The van der Waals surface area contributed by atoms with Gasteiger partial charge >= 0.3 is 0 Å². The molecule has 4 atom stereocenters. The standard InChI is InChI=1S/C16H20B2N3O8P/c1-13(22,11-6-7-12(20(27)28)10-5-3-2-4-9(10)11)29-30(19-8-14(19,23)24)21-15(17,18)16(21,25)26/h2-7,22-26H,8,17-18H2,1H3. The zero-order chi connectivity index (χ0) is 22.3. The Morgan fingerprint density at radius 3 is 2.17 bits per heavy atom. The number of rotatable bonds is 6. The average molecular weight is 435 g/mol.